The number of aliphatic carboxylic acids is 1. The van der Waals surface area contributed by atoms with E-state index in [1.807, 2.05) is 14.1 Å². The van der Waals surface area contributed by atoms with E-state index in [2.05, 4.69) is 300 Å². The topological polar surface area (TPSA) is 163 Å². The van der Waals surface area contributed by atoms with Crippen molar-refractivity contribution in [1.29, 1.82) is 0 Å². The summed E-state index contributed by atoms with van der Waals surface area (Å²) in [6.07, 6.45) is 24.9. The minimum Gasteiger partial charge on any atom is -0.481 e. The van der Waals surface area contributed by atoms with Crippen LogP contribution in [0.25, 0.3) is 0 Å². The predicted octanol–water partition coefficient (Wildman–Crippen LogP) is 17.6. The number of piperidine rings is 4. The van der Waals surface area contributed by atoms with E-state index in [0.717, 1.165) is 210 Å². The molecular weight excluding hydrogens is 1770 g/mol. The highest BCUT2D eigenvalue weighted by molar-refractivity contribution is 5.78. The molecule has 16 aliphatic heterocycles. The van der Waals surface area contributed by atoms with Gasteiger partial charge in [0.25, 0.3) is 0 Å². The second-order valence-corrected chi connectivity index (χ2v) is 51.0. The lowest BCUT2D eigenvalue weighted by molar-refractivity contribution is -0.143. The third kappa shape index (κ3) is 49.7. The summed E-state index contributed by atoms with van der Waals surface area (Å²) in [4.78, 5) is 75.5. The monoisotopic (exact) mass is 2010 g/mol. The second-order valence-electron chi connectivity index (χ2n) is 51.0. The van der Waals surface area contributed by atoms with Gasteiger partial charge in [-0.15, -0.1) is 0 Å². The molecule has 17 rings (SSSR count). The molecular formula is C117H237N17O8. The van der Waals surface area contributed by atoms with Crippen LogP contribution in [-0.2, 0) is 33.3 Å². The Labute approximate surface area is 878 Å². The van der Waals surface area contributed by atoms with Crippen molar-refractivity contribution in [2.24, 2.45) is 29.6 Å². The van der Waals surface area contributed by atoms with Crippen LogP contribution in [0.2, 0.25) is 0 Å². The van der Waals surface area contributed by atoms with Gasteiger partial charge in [0.15, 0.2) is 0 Å². The summed E-state index contributed by atoms with van der Waals surface area (Å²) in [7, 11) is 5.88. The van der Waals surface area contributed by atoms with Crippen molar-refractivity contribution in [1.82, 2.24) is 83.3 Å². The number of morpholine rings is 3. The number of ketones is 1. The van der Waals surface area contributed by atoms with Crippen LogP contribution in [0.4, 0.5) is 0 Å². The Morgan fingerprint density at radius 1 is 0.338 bits per heavy atom. The maximum atomic E-state index is 11.7. The largest absolute Gasteiger partial charge is 0.481 e. The Morgan fingerprint density at radius 2 is 0.690 bits per heavy atom. The average Bonchev–Trinajstić information content (AvgIpc) is 1.67. The molecule has 838 valence electrons. The molecule has 7 unspecified atom stereocenters. The molecule has 0 aromatic heterocycles. The van der Waals surface area contributed by atoms with Gasteiger partial charge in [-0.2, -0.15) is 0 Å². The van der Waals surface area contributed by atoms with Gasteiger partial charge in [-0.05, 0) is 416 Å². The van der Waals surface area contributed by atoms with E-state index in [0.29, 0.717) is 71.1 Å². The SMILES string of the molecule is CC(=O)C1CCN(C(C)(C)C)CC1.CC(C)N1C2CCC1COC2.CC(C)N1CC2CCC(C1)O2.CC(C)N1CC2COCC2C1.CC(C)N1CCC(C(=O)N(C)C)CC1.CC(C)N1CCC(C(=O)O)CC1.CC(C)N1CCCC1.CC(C)N1CCCCC1.CC(C)N1CCN(C2CC2)CC1.CC(C)N1CCOCC1.CC1CCCN1C(C)(C)C.CCN1CCN(C(C)C)CC1.CN1CCN(C(C)(C)C)CC1. The number of nitrogens with zero attached hydrogens (tertiary/aromatic N) is 17. The number of carbonyl (C=O) groups is 3. The van der Waals surface area contributed by atoms with Gasteiger partial charge in [0.05, 0.1) is 57.8 Å². The summed E-state index contributed by atoms with van der Waals surface area (Å²) in [5, 5.41) is 8.74. The van der Waals surface area contributed by atoms with Crippen LogP contribution in [-0.4, -0.2) is 477 Å². The maximum Gasteiger partial charge on any atom is 0.306 e. The molecule has 7 atom stereocenters. The van der Waals surface area contributed by atoms with Gasteiger partial charge in [0, 0.05) is 257 Å². The van der Waals surface area contributed by atoms with Crippen molar-refractivity contribution in [2.75, 3.05) is 257 Å². The Bertz CT molecular complexity index is 3140. The van der Waals surface area contributed by atoms with E-state index in [1.165, 1.54) is 214 Å². The zero-order valence-electron chi connectivity index (χ0n) is 99.9. The van der Waals surface area contributed by atoms with Crippen LogP contribution in [0.5, 0.6) is 0 Å². The Kier molecular flexibility index (Phi) is 61.8. The van der Waals surface area contributed by atoms with E-state index in [1.54, 1.807) is 11.8 Å². The van der Waals surface area contributed by atoms with E-state index < -0.39 is 5.97 Å². The van der Waals surface area contributed by atoms with Crippen molar-refractivity contribution in [2.45, 2.75) is 457 Å². The number of amides is 1. The number of carbonyl (C=O) groups excluding carboxylic acids is 2. The molecule has 1 N–H and O–H groups in total. The average molecular weight is 2010 g/mol. The van der Waals surface area contributed by atoms with Gasteiger partial charge in [-0.3, -0.25) is 58.5 Å². The second kappa shape index (κ2) is 67.4. The fraction of sp³-hybridized carbons (Fsp3) is 0.974. The number of Topliss-reactive ketones (excluding diaryl/α,β-unsaturated/α-hetero) is 1. The molecule has 0 spiro atoms. The number of carboxylic acid groups (broad SMARTS) is 1. The van der Waals surface area contributed by atoms with Crippen LogP contribution in [0.15, 0.2) is 0 Å². The minimum absolute atomic E-state index is 0.0972. The smallest absolute Gasteiger partial charge is 0.306 e. The highest BCUT2D eigenvalue weighted by Gasteiger charge is 2.42. The molecule has 0 radical (unpaired) electrons. The summed E-state index contributed by atoms with van der Waals surface area (Å²) in [6.45, 7) is 114. The zero-order chi connectivity index (χ0) is 106. The number of hydrogen-bond donors (Lipinski definition) is 1. The van der Waals surface area contributed by atoms with E-state index in [-0.39, 0.29) is 17.4 Å². The standard InChI is InChI=1S/C11H22N2O.C11H21NO.C10H20N2.2C9H20N2.C9H17NO2.3C9H17NO.C9H19N.C8H17N.C7H15NO.C7H15N/c1-9(2)13-7-5-10(6-8-13)11(14)12(3)4;1-9(13)10-5-7-12(8-6-10)11(2,3)4;1-9(2)11-5-7-12(8-6-11)10-3-4-10;1-9(2,3)11-7-5-10(4)6-8-11;1-4-10-5-7-11(8-6-10)9(2)3;1-7(2)10-5-3-8(4-6-10)9(11)12;1-7(2)10-3-8-5-11-6-9(8)4-10;1-7(2)10-8-3-4-9(10)6-11-5-8;1-7(2)10-5-8-3-4-9(6-10)11-8;1-8-6-5-7-10(8)9(2,3)4;1-8(2)9-6-4-3-5-7-9;1-7(2)8-3-5-9-6-4-8;1-7(2)8-5-3-4-6-8/h9-10H,5-8H2,1-4H3;10H,5-8H2,1-4H3;9-10H,3-8H2,1-2H3;5-8H2,1-4H3;9H,4-8H2,1-3H3;7-8H,3-6H2,1-2H3,(H,11,12);3*7-9H,3-6H2,1-2H3;8H,5-7H2,1-4H3;8H,3-7H2,1-2H3;7H,3-6H2,1-2H3;7H,3-6H2,1-2H3. The van der Waals surface area contributed by atoms with Crippen LogP contribution < -0.4 is 0 Å². The van der Waals surface area contributed by atoms with Crippen LogP contribution in [0.3, 0.4) is 0 Å². The molecule has 1 aliphatic carbocycles. The molecule has 142 heavy (non-hydrogen) atoms. The van der Waals surface area contributed by atoms with Gasteiger partial charge < -0.3 is 63.3 Å². The highest BCUT2D eigenvalue weighted by Crippen LogP contribution is 2.35. The number of fused-ring (bicyclic) bond motifs is 5. The predicted molar refractivity (Wildman–Crippen MR) is 602 cm³/mol. The quantitative estimate of drug-likeness (QED) is 0.164. The number of rotatable bonds is 15. The molecule has 0 aromatic rings. The molecule has 1 amide bonds. The molecule has 0 aromatic carbocycles. The lowest BCUT2D eigenvalue weighted by Crippen LogP contribution is -2.52. The van der Waals surface area contributed by atoms with Gasteiger partial charge >= 0.3 is 5.97 Å². The van der Waals surface area contributed by atoms with Crippen molar-refractivity contribution >= 4 is 17.7 Å². The molecule has 16 saturated heterocycles. The van der Waals surface area contributed by atoms with Gasteiger partial charge in [-0.25, -0.2) is 0 Å². The summed E-state index contributed by atoms with van der Waals surface area (Å²) in [5.41, 5.74) is 1.01. The number of carboxylic acids is 1. The third-order valence-corrected chi connectivity index (χ3v) is 33.7. The number of piperazine rings is 3. The fourth-order valence-corrected chi connectivity index (χ4v) is 23.2. The third-order valence-electron chi connectivity index (χ3n) is 33.7. The normalized spacial score (nSPS) is 27.0. The molecule has 17 fully saturated rings. The fourth-order valence-electron chi connectivity index (χ4n) is 23.2. The van der Waals surface area contributed by atoms with Crippen LogP contribution in [0.1, 0.15) is 344 Å². The van der Waals surface area contributed by atoms with Crippen molar-refractivity contribution in [3.63, 3.8) is 0 Å². The molecule has 1 saturated carbocycles. The number of hydrogen-bond acceptors (Lipinski definition) is 23. The Balaban J connectivity index is 0.000000272. The summed E-state index contributed by atoms with van der Waals surface area (Å²) in [6, 6.07) is 10.2. The first-order valence-electron chi connectivity index (χ1n) is 59.0. The first-order valence-corrected chi connectivity index (χ1v) is 59.0. The van der Waals surface area contributed by atoms with Gasteiger partial charge in [-0.1, -0.05) is 13.3 Å². The Morgan fingerprint density at radius 3 is 1.01 bits per heavy atom. The van der Waals surface area contributed by atoms with Crippen LogP contribution >= 0.6 is 0 Å². The summed E-state index contributed by atoms with van der Waals surface area (Å²) in [5.74, 6) is 2.23. The maximum absolute atomic E-state index is 11.7. The molecule has 25 nitrogen and oxygen atoms in total. The van der Waals surface area contributed by atoms with Gasteiger partial charge in [0.1, 0.15) is 5.78 Å². The molecule has 4 bridgehead atoms. The number of likely N-dealkylation sites (N-methyl/N-ethyl adjacent to an activating group) is 2. The summed E-state index contributed by atoms with van der Waals surface area (Å²) >= 11 is 0. The van der Waals surface area contributed by atoms with E-state index in [9.17, 15) is 14.4 Å². The van der Waals surface area contributed by atoms with E-state index >= 15 is 0 Å². The highest BCUT2D eigenvalue weighted by atomic mass is 16.5. The molecule has 25 heteroatoms. The van der Waals surface area contributed by atoms with Gasteiger partial charge in [0.2, 0.25) is 5.91 Å². The first-order chi connectivity index (χ1) is 66.8. The number of likely N-dealkylation sites (tertiary alicyclic amines) is 8. The molecule has 16 heterocycles. The lowest BCUT2D eigenvalue weighted by atomic mass is 9.90. The first kappa shape index (κ1) is 130. The van der Waals surface area contributed by atoms with E-state index in [4.69, 9.17) is 24.1 Å². The summed E-state index contributed by atoms with van der Waals surface area (Å²) < 4.78 is 21.9. The van der Waals surface area contributed by atoms with Crippen LogP contribution in [0, 0.1) is 29.6 Å². The lowest BCUT2D eigenvalue weighted by Gasteiger charge is -2.41. The Hall–Kier alpha value is -2.19. The van der Waals surface area contributed by atoms with Crippen molar-refractivity contribution in [3.8, 4) is 0 Å². The number of ether oxygens (including phenoxy) is 4. The zero-order valence-corrected chi connectivity index (χ0v) is 99.9. The molecule has 17 aliphatic rings. The van der Waals surface area contributed by atoms with Crippen molar-refractivity contribution in [3.05, 3.63) is 0 Å². The minimum atomic E-state index is -0.626. The van der Waals surface area contributed by atoms with Crippen molar-refractivity contribution < 1.29 is 38.4 Å².